The number of fused-ring (bicyclic) bond motifs is 1. The number of benzene rings is 1. The lowest BCUT2D eigenvalue weighted by Gasteiger charge is -2.25. The average Bonchev–Trinajstić information content (AvgIpc) is 3.46. The molecule has 1 atom stereocenters. The summed E-state index contributed by atoms with van der Waals surface area (Å²) >= 11 is 6.08. The molecule has 1 unspecified atom stereocenters. The van der Waals surface area contributed by atoms with E-state index in [0.717, 1.165) is 17.5 Å². The van der Waals surface area contributed by atoms with Crippen molar-refractivity contribution in [2.45, 2.75) is 50.7 Å². The minimum atomic E-state index is -0.623. The second-order valence-electron chi connectivity index (χ2n) is 7.88. The van der Waals surface area contributed by atoms with Gasteiger partial charge in [0.2, 0.25) is 11.8 Å². The molecule has 1 aliphatic heterocycles. The normalized spacial score (nSPS) is 18.0. The van der Waals surface area contributed by atoms with Crippen LogP contribution in [0.5, 0.6) is 0 Å². The Balaban J connectivity index is 1.55. The molecule has 2 amide bonds. The first-order chi connectivity index (χ1) is 14.3. The Morgan fingerprint density at radius 1 is 1.33 bits per heavy atom. The van der Waals surface area contributed by atoms with Crippen LogP contribution in [0, 0.1) is 5.82 Å². The van der Waals surface area contributed by atoms with Crippen LogP contribution in [-0.4, -0.2) is 50.7 Å². The fraction of sp³-hybridized carbons (Fsp3) is 0.500. The molecule has 1 N–H and O–H groups in total. The highest BCUT2D eigenvalue weighted by molar-refractivity contribution is 6.31. The number of nitrogens with one attached hydrogen (secondary N) is 1. The molecule has 1 saturated carbocycles. The van der Waals surface area contributed by atoms with Gasteiger partial charge in [0.1, 0.15) is 11.6 Å². The summed E-state index contributed by atoms with van der Waals surface area (Å²) in [6.07, 6.45) is 3.12. The van der Waals surface area contributed by atoms with Crippen LogP contribution < -0.4 is 11.0 Å². The van der Waals surface area contributed by atoms with Crippen LogP contribution in [0.15, 0.2) is 23.0 Å². The molecule has 1 aromatic carbocycles. The first-order valence-corrected chi connectivity index (χ1v) is 10.4. The largest absolute Gasteiger partial charge is 0.352 e. The van der Waals surface area contributed by atoms with Crippen LogP contribution in [0.2, 0.25) is 5.02 Å². The van der Waals surface area contributed by atoms with E-state index in [1.807, 2.05) is 0 Å². The van der Waals surface area contributed by atoms with Crippen molar-refractivity contribution in [3.05, 3.63) is 50.9 Å². The SMILES string of the molecule is CN(CC(=O)NC1CC1)C(=O)C1CCCn2c1nn(Cc1c(F)cccc1Cl)c2=O. The number of hydrogen-bond acceptors (Lipinski definition) is 4. The predicted molar refractivity (Wildman–Crippen MR) is 108 cm³/mol. The number of rotatable bonds is 6. The summed E-state index contributed by atoms with van der Waals surface area (Å²) in [7, 11) is 1.57. The van der Waals surface area contributed by atoms with Crippen LogP contribution in [0.4, 0.5) is 4.39 Å². The van der Waals surface area contributed by atoms with E-state index in [0.29, 0.717) is 25.2 Å². The van der Waals surface area contributed by atoms with Crippen LogP contribution in [0.1, 0.15) is 43.0 Å². The zero-order chi connectivity index (χ0) is 21.4. The van der Waals surface area contributed by atoms with E-state index in [2.05, 4.69) is 10.4 Å². The highest BCUT2D eigenvalue weighted by Crippen LogP contribution is 2.27. The zero-order valence-electron chi connectivity index (χ0n) is 16.6. The Kier molecular flexibility index (Phi) is 5.64. The van der Waals surface area contributed by atoms with Crippen molar-refractivity contribution < 1.29 is 14.0 Å². The number of amides is 2. The number of halogens is 2. The lowest BCUT2D eigenvalue weighted by Crippen LogP contribution is -2.42. The van der Waals surface area contributed by atoms with E-state index in [-0.39, 0.29) is 41.5 Å². The fourth-order valence-corrected chi connectivity index (χ4v) is 3.96. The summed E-state index contributed by atoms with van der Waals surface area (Å²) in [5.74, 6) is -1.25. The standard InChI is InChI=1S/C20H23ClFN5O3/c1-25(11-17(28)23-12-7-8-12)19(29)13-4-3-9-26-18(13)24-27(20(26)30)10-14-15(21)5-2-6-16(14)22/h2,5-6,12-13H,3-4,7-11H2,1H3,(H,23,28). The molecule has 1 aromatic heterocycles. The van der Waals surface area contributed by atoms with Crippen molar-refractivity contribution in [1.82, 2.24) is 24.6 Å². The topological polar surface area (TPSA) is 89.2 Å². The van der Waals surface area contributed by atoms with E-state index >= 15 is 0 Å². The number of aromatic nitrogens is 3. The monoisotopic (exact) mass is 435 g/mol. The maximum Gasteiger partial charge on any atom is 0.346 e. The van der Waals surface area contributed by atoms with Gasteiger partial charge < -0.3 is 10.2 Å². The smallest absolute Gasteiger partial charge is 0.346 e. The maximum atomic E-state index is 14.1. The number of nitrogens with zero attached hydrogens (tertiary/aromatic N) is 4. The maximum absolute atomic E-state index is 14.1. The quantitative estimate of drug-likeness (QED) is 0.744. The Morgan fingerprint density at radius 2 is 2.10 bits per heavy atom. The molecular weight excluding hydrogens is 413 g/mol. The second-order valence-corrected chi connectivity index (χ2v) is 8.29. The predicted octanol–water partition coefficient (Wildman–Crippen LogP) is 1.50. The van der Waals surface area contributed by atoms with Crippen molar-refractivity contribution in [3.8, 4) is 0 Å². The van der Waals surface area contributed by atoms with Gasteiger partial charge in [0, 0.05) is 30.2 Å². The molecule has 0 spiro atoms. The summed E-state index contributed by atoms with van der Waals surface area (Å²) in [6, 6.07) is 4.54. The van der Waals surface area contributed by atoms with Crippen molar-refractivity contribution in [2.75, 3.05) is 13.6 Å². The van der Waals surface area contributed by atoms with Gasteiger partial charge in [0.05, 0.1) is 19.0 Å². The highest BCUT2D eigenvalue weighted by atomic mass is 35.5. The van der Waals surface area contributed by atoms with Gasteiger partial charge >= 0.3 is 5.69 Å². The minimum Gasteiger partial charge on any atom is -0.352 e. The lowest BCUT2D eigenvalue weighted by molar-refractivity contribution is -0.136. The van der Waals surface area contributed by atoms with Crippen molar-refractivity contribution in [2.24, 2.45) is 0 Å². The van der Waals surface area contributed by atoms with E-state index in [4.69, 9.17) is 11.6 Å². The third-order valence-corrected chi connectivity index (χ3v) is 5.86. The zero-order valence-corrected chi connectivity index (χ0v) is 17.4. The molecule has 160 valence electrons. The van der Waals surface area contributed by atoms with E-state index in [9.17, 15) is 18.8 Å². The first-order valence-electron chi connectivity index (χ1n) is 10.00. The molecule has 8 nitrogen and oxygen atoms in total. The molecular formula is C20H23ClFN5O3. The third kappa shape index (κ3) is 4.12. The summed E-state index contributed by atoms with van der Waals surface area (Å²) in [5, 5.41) is 7.41. The molecule has 1 fully saturated rings. The van der Waals surface area contributed by atoms with Crippen LogP contribution in [-0.2, 0) is 22.7 Å². The minimum absolute atomic E-state index is 0.0401. The Hall–Kier alpha value is -2.68. The van der Waals surface area contributed by atoms with E-state index in [1.54, 1.807) is 13.1 Å². The summed E-state index contributed by atoms with van der Waals surface area (Å²) in [5.41, 5.74) is -0.232. The van der Waals surface area contributed by atoms with Crippen molar-refractivity contribution in [1.29, 1.82) is 0 Å². The van der Waals surface area contributed by atoms with Gasteiger partial charge in [-0.25, -0.2) is 13.9 Å². The van der Waals surface area contributed by atoms with Crippen LogP contribution in [0.3, 0.4) is 0 Å². The Bertz CT molecular complexity index is 1030. The second kappa shape index (κ2) is 8.22. The average molecular weight is 436 g/mol. The molecule has 0 radical (unpaired) electrons. The first kappa shape index (κ1) is 20.6. The molecule has 4 rings (SSSR count). The number of hydrogen-bond donors (Lipinski definition) is 1. The van der Waals surface area contributed by atoms with Gasteiger partial charge in [-0.15, -0.1) is 0 Å². The van der Waals surface area contributed by atoms with Gasteiger partial charge in [-0.05, 0) is 37.8 Å². The fourth-order valence-electron chi connectivity index (χ4n) is 3.74. The van der Waals surface area contributed by atoms with Crippen LogP contribution in [0.25, 0.3) is 0 Å². The third-order valence-electron chi connectivity index (χ3n) is 5.50. The van der Waals surface area contributed by atoms with Crippen molar-refractivity contribution >= 4 is 23.4 Å². The summed E-state index contributed by atoms with van der Waals surface area (Å²) in [6.45, 7) is 0.279. The van der Waals surface area contributed by atoms with Crippen molar-refractivity contribution in [3.63, 3.8) is 0 Å². The lowest BCUT2D eigenvalue weighted by atomic mass is 9.97. The number of carbonyl (C=O) groups excluding carboxylic acids is 2. The molecule has 10 heteroatoms. The molecule has 0 bridgehead atoms. The molecule has 30 heavy (non-hydrogen) atoms. The number of carbonyl (C=O) groups is 2. The van der Waals surface area contributed by atoms with Gasteiger partial charge in [0.15, 0.2) is 0 Å². The Labute approximate surface area is 177 Å². The van der Waals surface area contributed by atoms with Crippen LogP contribution >= 0.6 is 11.6 Å². The number of likely N-dealkylation sites (N-methyl/N-ethyl adjacent to an activating group) is 1. The molecule has 2 aliphatic rings. The Morgan fingerprint density at radius 3 is 2.80 bits per heavy atom. The molecule has 2 aromatic rings. The van der Waals surface area contributed by atoms with Gasteiger partial charge in [-0.3, -0.25) is 14.2 Å². The molecule has 0 saturated heterocycles. The highest BCUT2D eigenvalue weighted by Gasteiger charge is 2.34. The molecule has 2 heterocycles. The van der Waals surface area contributed by atoms with Gasteiger partial charge in [-0.2, -0.15) is 5.10 Å². The van der Waals surface area contributed by atoms with E-state index < -0.39 is 17.4 Å². The van der Waals surface area contributed by atoms with Gasteiger partial charge in [-0.1, -0.05) is 17.7 Å². The summed E-state index contributed by atoms with van der Waals surface area (Å²) < 4.78 is 16.7. The van der Waals surface area contributed by atoms with E-state index in [1.165, 1.54) is 21.6 Å². The summed E-state index contributed by atoms with van der Waals surface area (Å²) in [4.78, 5) is 39.2. The molecule has 1 aliphatic carbocycles. The van der Waals surface area contributed by atoms with Gasteiger partial charge in [0.25, 0.3) is 0 Å².